The summed E-state index contributed by atoms with van der Waals surface area (Å²) < 4.78 is 10.7. The fraction of sp³-hybridized carbons (Fsp3) is 0.375. The highest BCUT2D eigenvalue weighted by molar-refractivity contribution is 6.00. The Balaban J connectivity index is 1.57. The van der Waals surface area contributed by atoms with Crippen LogP contribution in [0, 0.1) is 19.8 Å². The third-order valence-corrected chi connectivity index (χ3v) is 5.33. The van der Waals surface area contributed by atoms with Crippen LogP contribution in [0.4, 0.5) is 5.69 Å². The van der Waals surface area contributed by atoms with Gasteiger partial charge in [0.15, 0.2) is 6.10 Å². The maximum Gasteiger partial charge on any atom is 0.312 e. The molecular formula is C24H28N2O5. The van der Waals surface area contributed by atoms with Crippen LogP contribution in [0.3, 0.4) is 0 Å². The van der Waals surface area contributed by atoms with E-state index in [1.165, 1.54) is 14.0 Å². The lowest BCUT2D eigenvalue weighted by Gasteiger charge is -2.20. The summed E-state index contributed by atoms with van der Waals surface area (Å²) >= 11 is 0. The van der Waals surface area contributed by atoms with Crippen LogP contribution in [0.2, 0.25) is 0 Å². The van der Waals surface area contributed by atoms with Crippen molar-refractivity contribution in [3.05, 3.63) is 59.2 Å². The van der Waals surface area contributed by atoms with Gasteiger partial charge < -0.3 is 19.7 Å². The van der Waals surface area contributed by atoms with Crippen LogP contribution < -0.4 is 15.0 Å². The topological polar surface area (TPSA) is 84.9 Å². The Morgan fingerprint density at radius 1 is 1.13 bits per heavy atom. The molecule has 0 unspecified atom stereocenters. The Kier molecular flexibility index (Phi) is 6.95. The molecule has 0 radical (unpaired) electrons. The molecule has 2 atom stereocenters. The predicted molar refractivity (Wildman–Crippen MR) is 117 cm³/mol. The number of ether oxygens (including phenoxy) is 2. The van der Waals surface area contributed by atoms with Crippen LogP contribution in [0.15, 0.2) is 42.5 Å². The Labute approximate surface area is 182 Å². The van der Waals surface area contributed by atoms with Gasteiger partial charge in [0.05, 0.1) is 18.7 Å². The van der Waals surface area contributed by atoms with E-state index < -0.39 is 18.0 Å². The van der Waals surface area contributed by atoms with Gasteiger partial charge in [-0.2, -0.15) is 0 Å². The molecule has 1 aliphatic rings. The second-order valence-corrected chi connectivity index (χ2v) is 7.86. The summed E-state index contributed by atoms with van der Waals surface area (Å²) in [6, 6.07) is 13.4. The molecule has 1 fully saturated rings. The molecule has 0 aromatic heterocycles. The zero-order chi connectivity index (χ0) is 22.5. The predicted octanol–water partition coefficient (Wildman–Crippen LogP) is 2.91. The number of hydrogen-bond donors (Lipinski definition) is 1. The van der Waals surface area contributed by atoms with E-state index in [-0.39, 0.29) is 24.8 Å². The lowest BCUT2D eigenvalue weighted by Crippen LogP contribution is -2.37. The SMILES string of the molecule is COc1ccc(C)cc1N1C[C@@H](C(=O)O[C@@H](C)C(=O)NCc2ccc(C)cc2)CC1=O. The first-order chi connectivity index (χ1) is 14.8. The average Bonchev–Trinajstić information content (AvgIpc) is 3.14. The first-order valence-electron chi connectivity index (χ1n) is 10.3. The lowest BCUT2D eigenvalue weighted by atomic mass is 10.1. The average molecular weight is 424 g/mol. The molecule has 2 amide bonds. The highest BCUT2D eigenvalue weighted by Crippen LogP contribution is 2.34. The summed E-state index contributed by atoms with van der Waals surface area (Å²) in [5.41, 5.74) is 3.71. The summed E-state index contributed by atoms with van der Waals surface area (Å²) in [7, 11) is 1.54. The molecule has 0 saturated carbocycles. The van der Waals surface area contributed by atoms with Gasteiger partial charge in [0.25, 0.3) is 5.91 Å². The molecule has 0 bridgehead atoms. The molecule has 1 N–H and O–H groups in total. The number of carbonyl (C=O) groups excluding carboxylic acids is 3. The number of carbonyl (C=O) groups is 3. The zero-order valence-corrected chi connectivity index (χ0v) is 18.3. The molecule has 1 aliphatic heterocycles. The van der Waals surface area contributed by atoms with Crippen LogP contribution in [0.5, 0.6) is 5.75 Å². The molecule has 7 nitrogen and oxygen atoms in total. The van der Waals surface area contributed by atoms with Gasteiger partial charge >= 0.3 is 5.97 Å². The number of rotatable bonds is 7. The molecule has 0 spiro atoms. The van der Waals surface area contributed by atoms with Gasteiger partial charge in [-0.05, 0) is 44.0 Å². The minimum Gasteiger partial charge on any atom is -0.495 e. The van der Waals surface area contributed by atoms with Gasteiger partial charge in [0, 0.05) is 19.5 Å². The number of amides is 2. The van der Waals surface area contributed by atoms with Crippen LogP contribution in [-0.4, -0.2) is 37.5 Å². The number of methoxy groups -OCH3 is 1. The minimum atomic E-state index is -0.949. The molecule has 31 heavy (non-hydrogen) atoms. The third kappa shape index (κ3) is 5.42. The standard InChI is InChI=1S/C24H28N2O5/c1-15-5-8-18(9-6-15)13-25-23(28)17(3)31-24(29)19-12-22(27)26(14-19)20-11-16(2)7-10-21(20)30-4/h5-11,17,19H,12-14H2,1-4H3,(H,25,28)/t17-,19-/m0/s1. The van der Waals surface area contributed by atoms with E-state index in [1.807, 2.05) is 50.2 Å². The summed E-state index contributed by atoms with van der Waals surface area (Å²) in [5.74, 6) is -1.18. The van der Waals surface area contributed by atoms with E-state index in [2.05, 4.69) is 5.32 Å². The van der Waals surface area contributed by atoms with Crippen LogP contribution >= 0.6 is 0 Å². The maximum absolute atomic E-state index is 12.6. The van der Waals surface area contributed by atoms with E-state index in [4.69, 9.17) is 9.47 Å². The van der Waals surface area contributed by atoms with E-state index in [0.29, 0.717) is 18.0 Å². The van der Waals surface area contributed by atoms with Gasteiger partial charge in [-0.25, -0.2) is 0 Å². The lowest BCUT2D eigenvalue weighted by molar-refractivity contribution is -0.158. The van der Waals surface area contributed by atoms with E-state index in [9.17, 15) is 14.4 Å². The van der Waals surface area contributed by atoms with Crippen molar-refractivity contribution in [1.29, 1.82) is 0 Å². The van der Waals surface area contributed by atoms with Gasteiger partial charge in [-0.3, -0.25) is 14.4 Å². The maximum atomic E-state index is 12.6. The zero-order valence-electron chi connectivity index (χ0n) is 18.3. The molecule has 0 aliphatic carbocycles. The molecule has 2 aromatic carbocycles. The molecule has 164 valence electrons. The summed E-state index contributed by atoms with van der Waals surface area (Å²) in [5, 5.41) is 2.77. The van der Waals surface area contributed by atoms with E-state index >= 15 is 0 Å². The normalized spacial score (nSPS) is 16.7. The van der Waals surface area contributed by atoms with Crippen molar-refractivity contribution in [2.75, 3.05) is 18.6 Å². The molecule has 1 saturated heterocycles. The molecule has 2 aromatic rings. The van der Waals surface area contributed by atoms with Gasteiger partial charge in [0.2, 0.25) is 5.91 Å². The van der Waals surface area contributed by atoms with Crippen molar-refractivity contribution < 1.29 is 23.9 Å². The molecule has 7 heteroatoms. The van der Waals surface area contributed by atoms with Gasteiger partial charge in [0.1, 0.15) is 5.75 Å². The number of nitrogens with zero attached hydrogens (tertiary/aromatic N) is 1. The van der Waals surface area contributed by atoms with Crippen molar-refractivity contribution in [1.82, 2.24) is 5.32 Å². The van der Waals surface area contributed by atoms with Crippen molar-refractivity contribution in [3.63, 3.8) is 0 Å². The van der Waals surface area contributed by atoms with Crippen molar-refractivity contribution in [2.24, 2.45) is 5.92 Å². The van der Waals surface area contributed by atoms with Crippen molar-refractivity contribution in [3.8, 4) is 5.75 Å². The fourth-order valence-electron chi connectivity index (χ4n) is 3.47. The number of hydrogen-bond acceptors (Lipinski definition) is 5. The van der Waals surface area contributed by atoms with Crippen LogP contribution in [0.1, 0.15) is 30.0 Å². The Hall–Kier alpha value is -3.35. The molecule has 1 heterocycles. The highest BCUT2D eigenvalue weighted by Gasteiger charge is 2.38. The van der Waals surface area contributed by atoms with Gasteiger partial charge in [-0.1, -0.05) is 35.9 Å². The largest absolute Gasteiger partial charge is 0.495 e. The smallest absolute Gasteiger partial charge is 0.312 e. The monoisotopic (exact) mass is 424 g/mol. The summed E-state index contributed by atoms with van der Waals surface area (Å²) in [6.45, 7) is 5.99. The van der Waals surface area contributed by atoms with Crippen molar-refractivity contribution in [2.45, 2.75) is 39.8 Å². The Morgan fingerprint density at radius 2 is 1.81 bits per heavy atom. The first-order valence-corrected chi connectivity index (χ1v) is 10.3. The second-order valence-electron chi connectivity index (χ2n) is 7.86. The number of anilines is 1. The Bertz CT molecular complexity index is 970. The van der Waals surface area contributed by atoms with E-state index in [0.717, 1.165) is 16.7 Å². The molecule has 3 rings (SSSR count). The van der Waals surface area contributed by atoms with Crippen LogP contribution in [-0.2, 0) is 25.7 Å². The van der Waals surface area contributed by atoms with E-state index in [1.54, 1.807) is 11.0 Å². The fourth-order valence-corrected chi connectivity index (χ4v) is 3.47. The number of aryl methyl sites for hydroxylation is 2. The first kappa shape index (κ1) is 22.3. The Morgan fingerprint density at radius 3 is 2.48 bits per heavy atom. The van der Waals surface area contributed by atoms with Crippen molar-refractivity contribution >= 4 is 23.5 Å². The molecular weight excluding hydrogens is 396 g/mol. The second kappa shape index (κ2) is 9.64. The summed E-state index contributed by atoms with van der Waals surface area (Å²) in [4.78, 5) is 39.0. The van der Waals surface area contributed by atoms with Gasteiger partial charge in [-0.15, -0.1) is 0 Å². The van der Waals surface area contributed by atoms with Crippen LogP contribution in [0.25, 0.3) is 0 Å². The third-order valence-electron chi connectivity index (χ3n) is 5.33. The number of nitrogens with one attached hydrogen (secondary N) is 1. The summed E-state index contributed by atoms with van der Waals surface area (Å²) in [6.07, 6.45) is -0.913. The highest BCUT2D eigenvalue weighted by atomic mass is 16.5. The minimum absolute atomic E-state index is 0.0354. The number of benzene rings is 2. The quantitative estimate of drug-likeness (QED) is 0.691. The number of esters is 1.